The Hall–Kier alpha value is -2.28. The van der Waals surface area contributed by atoms with Crippen LogP contribution in [-0.2, 0) is 0 Å². The lowest BCUT2D eigenvalue weighted by Gasteiger charge is -2.36. The lowest BCUT2D eigenvalue weighted by molar-refractivity contribution is 0.642. The SMILES string of the molecule is Cc1cc2c(N3CCN(c4cnccn4)CC3)ncnc2s1. The predicted molar refractivity (Wildman–Crippen MR) is 88.6 cm³/mol. The molecule has 4 rings (SSSR count). The third-order valence-electron chi connectivity index (χ3n) is 3.88. The van der Waals surface area contributed by atoms with Gasteiger partial charge in [-0.2, -0.15) is 0 Å². The number of piperazine rings is 1. The molecule has 0 bridgehead atoms. The zero-order valence-corrected chi connectivity index (χ0v) is 13.1. The molecule has 0 spiro atoms. The fourth-order valence-electron chi connectivity index (χ4n) is 2.82. The van der Waals surface area contributed by atoms with Gasteiger partial charge in [0.05, 0.1) is 11.6 Å². The van der Waals surface area contributed by atoms with Crippen LogP contribution in [0.15, 0.2) is 31.0 Å². The van der Waals surface area contributed by atoms with Gasteiger partial charge < -0.3 is 9.80 Å². The topological polar surface area (TPSA) is 58.0 Å². The molecule has 1 fully saturated rings. The summed E-state index contributed by atoms with van der Waals surface area (Å²) in [6.45, 7) is 5.82. The second-order valence-electron chi connectivity index (χ2n) is 5.31. The predicted octanol–water partition coefficient (Wildman–Crippen LogP) is 2.12. The summed E-state index contributed by atoms with van der Waals surface area (Å²) in [4.78, 5) is 24.3. The summed E-state index contributed by atoms with van der Waals surface area (Å²) in [5, 5.41) is 1.16. The van der Waals surface area contributed by atoms with Crippen molar-refractivity contribution in [2.45, 2.75) is 6.92 Å². The Morgan fingerprint density at radius 2 is 1.82 bits per heavy atom. The van der Waals surface area contributed by atoms with Gasteiger partial charge >= 0.3 is 0 Å². The first-order valence-electron chi connectivity index (χ1n) is 7.28. The van der Waals surface area contributed by atoms with Crippen LogP contribution in [0, 0.1) is 6.92 Å². The minimum absolute atomic E-state index is 0.924. The maximum Gasteiger partial charge on any atom is 0.147 e. The average Bonchev–Trinajstić information content (AvgIpc) is 2.96. The quantitative estimate of drug-likeness (QED) is 0.722. The highest BCUT2D eigenvalue weighted by Gasteiger charge is 2.21. The summed E-state index contributed by atoms with van der Waals surface area (Å²) < 4.78 is 0. The molecular formula is C15H16N6S. The molecule has 7 heteroatoms. The van der Waals surface area contributed by atoms with Crippen molar-refractivity contribution in [2.75, 3.05) is 36.0 Å². The van der Waals surface area contributed by atoms with Crippen molar-refractivity contribution in [2.24, 2.45) is 0 Å². The van der Waals surface area contributed by atoms with Crippen molar-refractivity contribution in [3.05, 3.63) is 35.9 Å². The summed E-state index contributed by atoms with van der Waals surface area (Å²) in [7, 11) is 0. The molecule has 1 aliphatic heterocycles. The molecule has 0 amide bonds. The number of hydrogen-bond donors (Lipinski definition) is 0. The molecule has 22 heavy (non-hydrogen) atoms. The number of rotatable bonds is 2. The molecule has 0 saturated carbocycles. The number of fused-ring (bicyclic) bond motifs is 1. The monoisotopic (exact) mass is 312 g/mol. The molecule has 4 heterocycles. The highest BCUT2D eigenvalue weighted by molar-refractivity contribution is 7.18. The third kappa shape index (κ3) is 2.37. The number of nitrogens with zero attached hydrogens (tertiary/aromatic N) is 6. The van der Waals surface area contributed by atoms with Crippen LogP contribution < -0.4 is 9.80 Å². The van der Waals surface area contributed by atoms with Crippen molar-refractivity contribution >= 4 is 33.2 Å². The normalized spacial score (nSPS) is 15.5. The van der Waals surface area contributed by atoms with E-state index in [-0.39, 0.29) is 0 Å². The van der Waals surface area contributed by atoms with E-state index in [4.69, 9.17) is 0 Å². The van der Waals surface area contributed by atoms with E-state index in [0.29, 0.717) is 0 Å². The molecule has 112 valence electrons. The van der Waals surface area contributed by atoms with Crippen LogP contribution in [-0.4, -0.2) is 46.1 Å². The maximum atomic E-state index is 4.52. The van der Waals surface area contributed by atoms with E-state index < -0.39 is 0 Å². The van der Waals surface area contributed by atoms with E-state index in [1.807, 2.05) is 6.20 Å². The minimum Gasteiger partial charge on any atom is -0.352 e. The molecule has 1 aliphatic rings. The smallest absolute Gasteiger partial charge is 0.147 e. The summed E-state index contributed by atoms with van der Waals surface area (Å²) in [6, 6.07) is 2.18. The second kappa shape index (κ2) is 5.49. The zero-order chi connectivity index (χ0) is 14.9. The van der Waals surface area contributed by atoms with Gasteiger partial charge in [0.2, 0.25) is 0 Å². The van der Waals surface area contributed by atoms with E-state index in [9.17, 15) is 0 Å². The van der Waals surface area contributed by atoms with Crippen molar-refractivity contribution in [1.29, 1.82) is 0 Å². The Morgan fingerprint density at radius 1 is 1.00 bits per heavy atom. The van der Waals surface area contributed by atoms with Gasteiger partial charge in [0.15, 0.2) is 0 Å². The molecule has 0 atom stereocenters. The van der Waals surface area contributed by atoms with Gasteiger partial charge in [0.1, 0.15) is 22.8 Å². The molecule has 3 aromatic rings. The van der Waals surface area contributed by atoms with E-state index >= 15 is 0 Å². The zero-order valence-electron chi connectivity index (χ0n) is 12.3. The van der Waals surface area contributed by atoms with E-state index in [2.05, 4.69) is 42.7 Å². The van der Waals surface area contributed by atoms with Gasteiger partial charge in [-0.1, -0.05) is 0 Å². The summed E-state index contributed by atoms with van der Waals surface area (Å²) in [6.07, 6.45) is 6.93. The van der Waals surface area contributed by atoms with Crippen LogP contribution >= 0.6 is 11.3 Å². The van der Waals surface area contributed by atoms with Crippen LogP contribution in [0.2, 0.25) is 0 Å². The van der Waals surface area contributed by atoms with Crippen molar-refractivity contribution in [3.63, 3.8) is 0 Å². The molecule has 0 unspecified atom stereocenters. The van der Waals surface area contributed by atoms with Crippen molar-refractivity contribution in [3.8, 4) is 0 Å². The fourth-order valence-corrected chi connectivity index (χ4v) is 3.66. The number of aryl methyl sites for hydroxylation is 1. The standard InChI is InChI=1S/C15H16N6S/c1-11-8-12-14(18-10-19-15(12)22-11)21-6-4-20(5-7-21)13-9-16-2-3-17-13/h2-3,8-10H,4-7H2,1H3. The van der Waals surface area contributed by atoms with Gasteiger partial charge in [-0.25, -0.2) is 15.0 Å². The van der Waals surface area contributed by atoms with Crippen molar-refractivity contribution < 1.29 is 0 Å². The molecule has 0 aromatic carbocycles. The summed E-state index contributed by atoms with van der Waals surface area (Å²) >= 11 is 1.72. The van der Waals surface area contributed by atoms with Crippen LogP contribution in [0.3, 0.4) is 0 Å². The van der Waals surface area contributed by atoms with Gasteiger partial charge in [-0.15, -0.1) is 11.3 Å². The molecular weight excluding hydrogens is 296 g/mol. The van der Waals surface area contributed by atoms with Crippen LogP contribution in [0.4, 0.5) is 11.6 Å². The highest BCUT2D eigenvalue weighted by Crippen LogP contribution is 2.30. The Bertz CT molecular complexity index is 779. The molecule has 3 aromatic heterocycles. The highest BCUT2D eigenvalue weighted by atomic mass is 32.1. The average molecular weight is 312 g/mol. The van der Waals surface area contributed by atoms with E-state index in [1.165, 1.54) is 4.88 Å². The minimum atomic E-state index is 0.924. The van der Waals surface area contributed by atoms with Crippen LogP contribution in [0.25, 0.3) is 10.2 Å². The first-order valence-corrected chi connectivity index (χ1v) is 8.10. The Kier molecular flexibility index (Phi) is 3.34. The third-order valence-corrected chi connectivity index (χ3v) is 4.84. The van der Waals surface area contributed by atoms with E-state index in [1.54, 1.807) is 30.1 Å². The van der Waals surface area contributed by atoms with Crippen LogP contribution in [0.1, 0.15) is 4.88 Å². The lowest BCUT2D eigenvalue weighted by atomic mass is 10.2. The first-order chi connectivity index (χ1) is 10.8. The lowest BCUT2D eigenvalue weighted by Crippen LogP contribution is -2.47. The van der Waals surface area contributed by atoms with Gasteiger partial charge in [-0.05, 0) is 13.0 Å². The molecule has 0 radical (unpaired) electrons. The largest absolute Gasteiger partial charge is 0.352 e. The Morgan fingerprint density at radius 3 is 2.59 bits per heavy atom. The molecule has 0 N–H and O–H groups in total. The number of thiophene rings is 1. The molecule has 1 saturated heterocycles. The fraction of sp³-hybridized carbons (Fsp3) is 0.333. The maximum absolute atomic E-state index is 4.52. The molecule has 6 nitrogen and oxygen atoms in total. The molecule has 0 aliphatic carbocycles. The summed E-state index contributed by atoms with van der Waals surface area (Å²) in [5.74, 6) is 1.99. The number of aromatic nitrogens is 4. The Labute approximate surface area is 132 Å². The van der Waals surface area contributed by atoms with Gasteiger partial charge in [0, 0.05) is 43.4 Å². The number of anilines is 2. The Balaban J connectivity index is 1.56. The number of hydrogen-bond acceptors (Lipinski definition) is 7. The summed E-state index contributed by atoms with van der Waals surface area (Å²) in [5.41, 5.74) is 0. The van der Waals surface area contributed by atoms with Crippen molar-refractivity contribution in [1.82, 2.24) is 19.9 Å². The van der Waals surface area contributed by atoms with Crippen LogP contribution in [0.5, 0.6) is 0 Å². The first kappa shape index (κ1) is 13.4. The second-order valence-corrected chi connectivity index (χ2v) is 6.55. The van der Waals surface area contributed by atoms with Gasteiger partial charge in [0.25, 0.3) is 0 Å². The van der Waals surface area contributed by atoms with Gasteiger partial charge in [-0.3, -0.25) is 4.98 Å². The van der Waals surface area contributed by atoms with E-state index in [0.717, 1.165) is 48.0 Å².